The quantitative estimate of drug-likeness (QED) is 0.793. The molecule has 0 aromatic heterocycles. The Hall–Kier alpha value is -1.91. The molecule has 0 saturated heterocycles. The highest BCUT2D eigenvalue weighted by molar-refractivity contribution is 7.89. The van der Waals surface area contributed by atoms with Crippen molar-refractivity contribution in [2.45, 2.75) is 43.4 Å². The number of sulfonamides is 1. The Morgan fingerprint density at radius 1 is 1.14 bits per heavy atom. The molecule has 4 aliphatic carbocycles. The van der Waals surface area contributed by atoms with Gasteiger partial charge in [-0.2, -0.15) is 9.57 Å². The maximum atomic E-state index is 12.7. The minimum atomic E-state index is -3.76. The monoisotopic (exact) mass is 401 g/mol. The van der Waals surface area contributed by atoms with Gasteiger partial charge in [0.1, 0.15) is 0 Å². The molecule has 4 bridgehead atoms. The molecule has 4 aliphatic rings. The van der Waals surface area contributed by atoms with Gasteiger partial charge in [-0.1, -0.05) is 0 Å². The van der Waals surface area contributed by atoms with E-state index in [1.54, 1.807) is 0 Å². The predicted octanol–water partition coefficient (Wildman–Crippen LogP) is 2.51. The third-order valence-corrected chi connectivity index (χ3v) is 8.70. The van der Waals surface area contributed by atoms with Crippen LogP contribution in [0.4, 0.5) is 0 Å². The molecule has 1 N–H and O–H groups in total. The van der Waals surface area contributed by atoms with E-state index in [0.29, 0.717) is 12.1 Å². The number of nitrogens with zero attached hydrogens (tertiary/aromatic N) is 2. The Balaban J connectivity index is 1.35. The molecule has 1 aromatic rings. The van der Waals surface area contributed by atoms with Gasteiger partial charge in [-0.15, -0.1) is 0 Å². The van der Waals surface area contributed by atoms with Crippen LogP contribution in [0.5, 0.6) is 0 Å². The zero-order chi connectivity index (χ0) is 19.9. The van der Waals surface area contributed by atoms with E-state index < -0.39 is 10.0 Å². The van der Waals surface area contributed by atoms with Crippen LogP contribution in [0.15, 0.2) is 29.2 Å². The van der Waals surface area contributed by atoms with E-state index in [9.17, 15) is 13.2 Å². The second-order valence-corrected chi connectivity index (χ2v) is 11.1. The van der Waals surface area contributed by atoms with E-state index in [4.69, 9.17) is 5.26 Å². The second kappa shape index (κ2) is 7.16. The lowest BCUT2D eigenvalue weighted by molar-refractivity contribution is -0.123. The molecule has 7 heteroatoms. The molecule has 28 heavy (non-hydrogen) atoms. The second-order valence-electron chi connectivity index (χ2n) is 9.09. The largest absolute Gasteiger partial charge is 0.354 e. The van der Waals surface area contributed by atoms with Crippen LogP contribution in [0.3, 0.4) is 0 Å². The van der Waals surface area contributed by atoms with E-state index in [1.165, 1.54) is 69.8 Å². The van der Waals surface area contributed by atoms with Crippen molar-refractivity contribution in [2.75, 3.05) is 20.1 Å². The summed E-state index contributed by atoms with van der Waals surface area (Å²) in [5, 5.41) is 11.9. The highest BCUT2D eigenvalue weighted by atomic mass is 32.2. The van der Waals surface area contributed by atoms with Gasteiger partial charge in [0, 0.05) is 13.6 Å². The van der Waals surface area contributed by atoms with Crippen molar-refractivity contribution in [1.29, 1.82) is 5.26 Å². The van der Waals surface area contributed by atoms with Gasteiger partial charge in [-0.25, -0.2) is 8.42 Å². The van der Waals surface area contributed by atoms with Crippen molar-refractivity contribution in [3.05, 3.63) is 29.8 Å². The minimum absolute atomic E-state index is 0.0860. The molecule has 4 fully saturated rings. The fourth-order valence-electron chi connectivity index (χ4n) is 6.02. The summed E-state index contributed by atoms with van der Waals surface area (Å²) in [6.07, 6.45) is 7.70. The summed E-state index contributed by atoms with van der Waals surface area (Å²) in [5.74, 6) is 2.21. The molecule has 4 saturated carbocycles. The number of carbonyl (C=O) groups excluding carboxylic acids is 1. The van der Waals surface area contributed by atoms with Gasteiger partial charge in [0.05, 0.1) is 23.1 Å². The van der Waals surface area contributed by atoms with Crippen LogP contribution in [0.2, 0.25) is 0 Å². The lowest BCUT2D eigenvalue weighted by Gasteiger charge is -2.56. The summed E-state index contributed by atoms with van der Waals surface area (Å²) in [4.78, 5) is 12.6. The number of benzene rings is 1. The maximum absolute atomic E-state index is 12.7. The molecule has 0 radical (unpaired) electrons. The Bertz CT molecular complexity index is 867. The number of nitrogens with one attached hydrogen (secondary N) is 1. The van der Waals surface area contributed by atoms with E-state index in [2.05, 4.69) is 5.32 Å². The number of carbonyl (C=O) groups is 1. The summed E-state index contributed by atoms with van der Waals surface area (Å²) in [7, 11) is -2.34. The number of hydrogen-bond acceptors (Lipinski definition) is 4. The molecule has 1 aromatic carbocycles. The van der Waals surface area contributed by atoms with Crippen LogP contribution in [-0.2, 0) is 14.8 Å². The average molecular weight is 402 g/mol. The topological polar surface area (TPSA) is 90.3 Å². The van der Waals surface area contributed by atoms with Crippen molar-refractivity contribution in [3.63, 3.8) is 0 Å². The van der Waals surface area contributed by atoms with Crippen molar-refractivity contribution in [1.82, 2.24) is 9.62 Å². The number of nitriles is 1. The van der Waals surface area contributed by atoms with Crippen LogP contribution >= 0.6 is 0 Å². The molecule has 1 amide bonds. The van der Waals surface area contributed by atoms with Gasteiger partial charge in [0.25, 0.3) is 0 Å². The third kappa shape index (κ3) is 3.68. The van der Waals surface area contributed by atoms with Gasteiger partial charge in [-0.05, 0) is 86.0 Å². The van der Waals surface area contributed by atoms with Crippen LogP contribution in [-0.4, -0.2) is 38.8 Å². The fourth-order valence-corrected chi connectivity index (χ4v) is 7.14. The zero-order valence-corrected chi connectivity index (χ0v) is 17.0. The predicted molar refractivity (Wildman–Crippen MR) is 105 cm³/mol. The van der Waals surface area contributed by atoms with Gasteiger partial charge >= 0.3 is 0 Å². The van der Waals surface area contributed by atoms with Crippen molar-refractivity contribution < 1.29 is 13.2 Å². The summed E-state index contributed by atoms with van der Waals surface area (Å²) in [5.41, 5.74) is 0.629. The number of hydrogen-bond donors (Lipinski definition) is 1. The highest BCUT2D eigenvalue weighted by Gasteiger charge is 2.50. The molecule has 150 valence electrons. The Kier molecular flexibility index (Phi) is 4.96. The molecule has 0 heterocycles. The summed E-state index contributed by atoms with van der Waals surface area (Å²) >= 11 is 0. The van der Waals surface area contributed by atoms with Gasteiger partial charge < -0.3 is 5.32 Å². The molecule has 0 atom stereocenters. The Morgan fingerprint density at radius 3 is 2.18 bits per heavy atom. The maximum Gasteiger partial charge on any atom is 0.243 e. The molecule has 6 nitrogen and oxygen atoms in total. The van der Waals surface area contributed by atoms with Crippen molar-refractivity contribution >= 4 is 15.9 Å². The van der Waals surface area contributed by atoms with E-state index in [-0.39, 0.29) is 22.8 Å². The first-order valence-corrected chi connectivity index (χ1v) is 11.5. The first-order valence-electron chi connectivity index (χ1n) is 10.0. The number of rotatable bonds is 6. The molecule has 0 aliphatic heterocycles. The van der Waals surface area contributed by atoms with Gasteiger partial charge in [0.15, 0.2) is 0 Å². The standard InChI is InChI=1S/C21H27N3O3S/c1-24(28(26,27)19-4-2-15(12-22)3-5-19)13-20(25)23-14-21-9-16-6-17(10-21)8-18(7-16)11-21/h2-5,16-18H,6-11,13-14H2,1H3,(H,23,25). The van der Waals surface area contributed by atoms with E-state index in [1.807, 2.05) is 6.07 Å². The molecule has 5 rings (SSSR count). The first-order chi connectivity index (χ1) is 13.3. The normalized spacial score (nSPS) is 31.0. The third-order valence-electron chi connectivity index (χ3n) is 6.88. The summed E-state index contributed by atoms with van der Waals surface area (Å²) in [6.45, 7) is 0.467. The summed E-state index contributed by atoms with van der Waals surface area (Å²) < 4.78 is 26.4. The first kappa shape index (κ1) is 19.4. The van der Waals surface area contributed by atoms with Crippen LogP contribution in [0.25, 0.3) is 0 Å². The van der Waals surface area contributed by atoms with Gasteiger partial charge in [0.2, 0.25) is 15.9 Å². The van der Waals surface area contributed by atoms with Gasteiger partial charge in [-0.3, -0.25) is 4.79 Å². The number of amides is 1. The average Bonchev–Trinajstić information content (AvgIpc) is 2.65. The molecular formula is C21H27N3O3S. The van der Waals surface area contributed by atoms with Crippen molar-refractivity contribution in [2.24, 2.45) is 23.2 Å². The highest BCUT2D eigenvalue weighted by Crippen LogP contribution is 2.59. The Labute approximate surface area is 167 Å². The summed E-state index contributed by atoms with van der Waals surface area (Å²) in [6, 6.07) is 7.70. The molecule has 0 spiro atoms. The molecule has 0 unspecified atom stereocenters. The zero-order valence-electron chi connectivity index (χ0n) is 16.2. The fraction of sp³-hybridized carbons (Fsp3) is 0.619. The van der Waals surface area contributed by atoms with Crippen LogP contribution < -0.4 is 5.32 Å². The van der Waals surface area contributed by atoms with E-state index in [0.717, 1.165) is 22.1 Å². The number of likely N-dealkylation sites (N-methyl/N-ethyl adjacent to an activating group) is 1. The van der Waals surface area contributed by atoms with Crippen molar-refractivity contribution in [3.8, 4) is 6.07 Å². The smallest absolute Gasteiger partial charge is 0.243 e. The minimum Gasteiger partial charge on any atom is -0.354 e. The van der Waals surface area contributed by atoms with E-state index >= 15 is 0 Å². The SMILES string of the molecule is CN(CC(=O)NCC12CC3CC(CC(C3)C1)C2)S(=O)(=O)c1ccc(C#N)cc1. The lowest BCUT2D eigenvalue weighted by atomic mass is 9.49. The van der Waals surface area contributed by atoms with Crippen LogP contribution in [0.1, 0.15) is 44.1 Å². The lowest BCUT2D eigenvalue weighted by Crippen LogP contribution is -2.52. The van der Waals surface area contributed by atoms with Crippen LogP contribution in [0, 0.1) is 34.5 Å². The Morgan fingerprint density at radius 2 is 1.68 bits per heavy atom. The molecular weight excluding hydrogens is 374 g/mol.